The fourth-order valence-corrected chi connectivity index (χ4v) is 1.56. The standard InChI is InChI=1S/C13H12N2O3/c1-14-12-9-11(7-8-13(12)15(16)17)18-10-5-3-2-4-6-10/h2-9,14H,1H3. The van der Waals surface area contributed by atoms with Crippen molar-refractivity contribution in [3.05, 3.63) is 58.6 Å². The van der Waals surface area contributed by atoms with Crippen LogP contribution < -0.4 is 10.1 Å². The molecule has 5 heteroatoms. The van der Waals surface area contributed by atoms with Gasteiger partial charge in [-0.1, -0.05) is 18.2 Å². The van der Waals surface area contributed by atoms with Gasteiger partial charge >= 0.3 is 0 Å². The van der Waals surface area contributed by atoms with Crippen molar-refractivity contribution in [1.29, 1.82) is 0 Å². The molecule has 0 heterocycles. The van der Waals surface area contributed by atoms with E-state index in [-0.39, 0.29) is 5.69 Å². The number of para-hydroxylation sites is 1. The summed E-state index contributed by atoms with van der Waals surface area (Å²) in [4.78, 5) is 10.3. The molecular formula is C13H12N2O3. The molecule has 0 aliphatic heterocycles. The Morgan fingerprint density at radius 3 is 2.44 bits per heavy atom. The molecule has 0 bridgehead atoms. The second kappa shape index (κ2) is 5.18. The highest BCUT2D eigenvalue weighted by molar-refractivity contribution is 5.64. The van der Waals surface area contributed by atoms with Gasteiger partial charge in [-0.25, -0.2) is 0 Å². The second-order valence-corrected chi connectivity index (χ2v) is 3.60. The van der Waals surface area contributed by atoms with E-state index in [1.165, 1.54) is 6.07 Å². The van der Waals surface area contributed by atoms with Gasteiger partial charge in [-0.15, -0.1) is 0 Å². The molecular weight excluding hydrogens is 232 g/mol. The first kappa shape index (κ1) is 11.9. The molecule has 2 rings (SSSR count). The minimum absolute atomic E-state index is 0.0258. The minimum atomic E-state index is -0.432. The van der Waals surface area contributed by atoms with Crippen LogP contribution in [0.4, 0.5) is 11.4 Å². The number of hydrogen-bond acceptors (Lipinski definition) is 4. The van der Waals surface area contributed by atoms with Crippen LogP contribution in [0.2, 0.25) is 0 Å². The third kappa shape index (κ3) is 2.57. The lowest BCUT2D eigenvalue weighted by molar-refractivity contribution is -0.384. The highest BCUT2D eigenvalue weighted by atomic mass is 16.6. The van der Waals surface area contributed by atoms with Crippen molar-refractivity contribution in [2.75, 3.05) is 12.4 Å². The van der Waals surface area contributed by atoms with Gasteiger partial charge in [-0.2, -0.15) is 0 Å². The first-order valence-corrected chi connectivity index (χ1v) is 5.40. The number of anilines is 1. The lowest BCUT2D eigenvalue weighted by atomic mass is 10.2. The van der Waals surface area contributed by atoms with Gasteiger partial charge < -0.3 is 10.1 Å². The van der Waals surface area contributed by atoms with E-state index in [1.54, 1.807) is 19.2 Å². The van der Waals surface area contributed by atoms with Gasteiger partial charge in [0.1, 0.15) is 17.2 Å². The average Bonchev–Trinajstić information content (AvgIpc) is 2.39. The van der Waals surface area contributed by atoms with Crippen LogP contribution in [0.15, 0.2) is 48.5 Å². The molecule has 92 valence electrons. The summed E-state index contributed by atoms with van der Waals surface area (Å²) in [5.41, 5.74) is 0.450. The van der Waals surface area contributed by atoms with E-state index in [1.807, 2.05) is 30.3 Å². The molecule has 0 aliphatic carbocycles. The van der Waals surface area contributed by atoms with Crippen molar-refractivity contribution < 1.29 is 9.66 Å². The Bertz CT molecular complexity index is 555. The first-order valence-electron chi connectivity index (χ1n) is 5.40. The molecule has 2 aromatic rings. The van der Waals surface area contributed by atoms with E-state index in [0.717, 1.165) is 0 Å². The summed E-state index contributed by atoms with van der Waals surface area (Å²) >= 11 is 0. The lowest BCUT2D eigenvalue weighted by Gasteiger charge is -2.07. The normalized spacial score (nSPS) is 9.83. The van der Waals surface area contributed by atoms with Gasteiger partial charge in [0, 0.05) is 19.2 Å². The van der Waals surface area contributed by atoms with Crippen molar-refractivity contribution in [3.8, 4) is 11.5 Å². The maximum Gasteiger partial charge on any atom is 0.292 e. The first-order chi connectivity index (χ1) is 8.70. The van der Waals surface area contributed by atoms with Crippen LogP contribution in [0, 0.1) is 10.1 Å². The molecule has 0 saturated heterocycles. The van der Waals surface area contributed by atoms with Crippen molar-refractivity contribution >= 4 is 11.4 Å². The number of rotatable bonds is 4. The SMILES string of the molecule is CNc1cc(Oc2ccccc2)ccc1[N+](=O)[O-]. The van der Waals surface area contributed by atoms with Crippen molar-refractivity contribution in [1.82, 2.24) is 0 Å². The Kier molecular flexibility index (Phi) is 3.43. The molecule has 0 amide bonds. The zero-order valence-electron chi connectivity index (χ0n) is 9.79. The Balaban J connectivity index is 2.28. The van der Waals surface area contributed by atoms with E-state index >= 15 is 0 Å². The summed E-state index contributed by atoms with van der Waals surface area (Å²) in [5, 5.41) is 13.6. The number of hydrogen-bond donors (Lipinski definition) is 1. The summed E-state index contributed by atoms with van der Waals surface area (Å²) in [6.45, 7) is 0. The van der Waals surface area contributed by atoms with Crippen LogP contribution in [-0.2, 0) is 0 Å². The molecule has 0 spiro atoms. The zero-order chi connectivity index (χ0) is 13.0. The minimum Gasteiger partial charge on any atom is -0.457 e. The van der Waals surface area contributed by atoms with E-state index in [2.05, 4.69) is 5.32 Å². The molecule has 2 aromatic carbocycles. The highest BCUT2D eigenvalue weighted by Gasteiger charge is 2.13. The summed E-state index contributed by atoms with van der Waals surface area (Å²) in [5.74, 6) is 1.24. The quantitative estimate of drug-likeness (QED) is 0.661. The third-order valence-corrected chi connectivity index (χ3v) is 2.41. The third-order valence-electron chi connectivity index (χ3n) is 2.41. The number of nitro benzene ring substituents is 1. The second-order valence-electron chi connectivity index (χ2n) is 3.60. The Hall–Kier alpha value is -2.56. The number of nitrogens with one attached hydrogen (secondary N) is 1. The van der Waals surface area contributed by atoms with Crippen molar-refractivity contribution in [2.24, 2.45) is 0 Å². The van der Waals surface area contributed by atoms with E-state index in [9.17, 15) is 10.1 Å². The number of benzene rings is 2. The van der Waals surface area contributed by atoms with Gasteiger partial charge in [0.25, 0.3) is 5.69 Å². The van der Waals surface area contributed by atoms with Gasteiger partial charge in [-0.3, -0.25) is 10.1 Å². The van der Waals surface area contributed by atoms with Crippen molar-refractivity contribution in [3.63, 3.8) is 0 Å². The molecule has 0 saturated carbocycles. The summed E-state index contributed by atoms with van der Waals surface area (Å²) in [6.07, 6.45) is 0. The highest BCUT2D eigenvalue weighted by Crippen LogP contribution is 2.30. The van der Waals surface area contributed by atoms with Crippen LogP contribution >= 0.6 is 0 Å². The smallest absolute Gasteiger partial charge is 0.292 e. The van der Waals surface area contributed by atoms with Gasteiger partial charge in [0.05, 0.1) is 4.92 Å². The van der Waals surface area contributed by atoms with Gasteiger partial charge in [0.15, 0.2) is 0 Å². The number of nitro groups is 1. The largest absolute Gasteiger partial charge is 0.457 e. The van der Waals surface area contributed by atoms with E-state index in [0.29, 0.717) is 17.2 Å². The predicted molar refractivity (Wildman–Crippen MR) is 69.2 cm³/mol. The van der Waals surface area contributed by atoms with Gasteiger partial charge in [0.2, 0.25) is 0 Å². The predicted octanol–water partition coefficient (Wildman–Crippen LogP) is 3.43. The molecule has 0 unspecified atom stereocenters. The summed E-state index contributed by atoms with van der Waals surface area (Å²) < 4.78 is 5.59. The van der Waals surface area contributed by atoms with Crippen LogP contribution in [0.3, 0.4) is 0 Å². The molecule has 0 radical (unpaired) electrons. The van der Waals surface area contributed by atoms with Crippen LogP contribution in [0.25, 0.3) is 0 Å². The average molecular weight is 244 g/mol. The van der Waals surface area contributed by atoms with Crippen molar-refractivity contribution in [2.45, 2.75) is 0 Å². The Labute approximate surface area is 104 Å². The Morgan fingerprint density at radius 2 is 1.83 bits per heavy atom. The van der Waals surface area contributed by atoms with Crippen LogP contribution in [-0.4, -0.2) is 12.0 Å². The molecule has 0 fully saturated rings. The topological polar surface area (TPSA) is 64.4 Å². The summed E-state index contributed by atoms with van der Waals surface area (Å²) in [6, 6.07) is 13.9. The number of nitrogens with zero attached hydrogens (tertiary/aromatic N) is 1. The summed E-state index contributed by atoms with van der Waals surface area (Å²) in [7, 11) is 1.63. The zero-order valence-corrected chi connectivity index (χ0v) is 9.79. The van der Waals surface area contributed by atoms with E-state index in [4.69, 9.17) is 4.74 Å². The fourth-order valence-electron chi connectivity index (χ4n) is 1.56. The van der Waals surface area contributed by atoms with Gasteiger partial charge in [-0.05, 0) is 18.2 Å². The fraction of sp³-hybridized carbons (Fsp3) is 0.0769. The maximum atomic E-state index is 10.8. The van der Waals surface area contributed by atoms with Crippen LogP contribution in [0.5, 0.6) is 11.5 Å². The molecule has 0 aromatic heterocycles. The monoisotopic (exact) mass is 244 g/mol. The molecule has 5 nitrogen and oxygen atoms in total. The maximum absolute atomic E-state index is 10.8. The lowest BCUT2D eigenvalue weighted by Crippen LogP contribution is -1.96. The molecule has 0 aliphatic rings. The molecule has 18 heavy (non-hydrogen) atoms. The Morgan fingerprint density at radius 1 is 1.11 bits per heavy atom. The molecule has 0 atom stereocenters. The van der Waals surface area contributed by atoms with Crippen LogP contribution in [0.1, 0.15) is 0 Å². The molecule has 1 N–H and O–H groups in total. The number of ether oxygens (including phenoxy) is 1. The van der Waals surface area contributed by atoms with E-state index < -0.39 is 4.92 Å².